The minimum atomic E-state index is -0.955. The Morgan fingerprint density at radius 2 is 2.15 bits per heavy atom. The van der Waals surface area contributed by atoms with E-state index in [1.54, 1.807) is 0 Å². The van der Waals surface area contributed by atoms with Crippen LogP contribution in [-0.2, 0) is 4.79 Å². The van der Waals surface area contributed by atoms with Gasteiger partial charge < -0.3 is 15.3 Å². The minimum Gasteiger partial charge on any atom is -0.481 e. The topological polar surface area (TPSA) is 69.6 Å². The second kappa shape index (κ2) is 6.09. The van der Waals surface area contributed by atoms with E-state index in [1.165, 1.54) is 17.0 Å². The van der Waals surface area contributed by atoms with Crippen LogP contribution in [0, 0.1) is 5.82 Å². The Balaban J connectivity index is 2.02. The second-order valence-corrected chi connectivity index (χ2v) is 5.03. The quantitative estimate of drug-likeness (QED) is 0.878. The molecular formula is C13H14ClFN2O3. The number of carbonyl (C=O) groups is 2. The van der Waals surface area contributed by atoms with Gasteiger partial charge in [-0.05, 0) is 31.0 Å². The number of carboxylic acids is 1. The first kappa shape index (κ1) is 14.6. The van der Waals surface area contributed by atoms with E-state index in [2.05, 4.69) is 5.32 Å². The lowest BCUT2D eigenvalue weighted by molar-refractivity contribution is -0.137. The third kappa shape index (κ3) is 3.84. The minimum absolute atomic E-state index is 0.0774. The molecule has 0 spiro atoms. The van der Waals surface area contributed by atoms with Crippen molar-refractivity contribution in [2.45, 2.75) is 25.3 Å². The normalized spacial score (nSPS) is 13.9. The average molecular weight is 301 g/mol. The molecule has 1 aliphatic rings. The van der Waals surface area contributed by atoms with Crippen LogP contribution < -0.4 is 5.32 Å². The summed E-state index contributed by atoms with van der Waals surface area (Å²) in [6, 6.07) is 3.34. The summed E-state index contributed by atoms with van der Waals surface area (Å²) in [6.07, 6.45) is 1.62. The molecule has 2 rings (SSSR count). The van der Waals surface area contributed by atoms with Gasteiger partial charge in [-0.25, -0.2) is 9.18 Å². The molecule has 2 amide bonds. The molecular weight excluding hydrogens is 287 g/mol. The molecule has 108 valence electrons. The molecule has 0 aromatic heterocycles. The second-order valence-electron chi connectivity index (χ2n) is 4.62. The highest BCUT2D eigenvalue weighted by atomic mass is 35.5. The number of hydrogen-bond acceptors (Lipinski definition) is 2. The molecule has 1 aromatic carbocycles. The zero-order valence-corrected chi connectivity index (χ0v) is 11.4. The number of nitrogens with one attached hydrogen (secondary N) is 1. The van der Waals surface area contributed by atoms with Gasteiger partial charge in [-0.1, -0.05) is 11.6 Å². The van der Waals surface area contributed by atoms with Gasteiger partial charge in [0, 0.05) is 12.6 Å². The highest BCUT2D eigenvalue weighted by Crippen LogP contribution is 2.29. The van der Waals surface area contributed by atoms with Crippen LogP contribution in [0.5, 0.6) is 0 Å². The van der Waals surface area contributed by atoms with Crippen LogP contribution in [0.1, 0.15) is 19.3 Å². The lowest BCUT2D eigenvalue weighted by Crippen LogP contribution is -2.38. The summed E-state index contributed by atoms with van der Waals surface area (Å²) in [7, 11) is 0. The van der Waals surface area contributed by atoms with E-state index in [0.29, 0.717) is 5.69 Å². The third-order valence-corrected chi connectivity index (χ3v) is 3.30. The van der Waals surface area contributed by atoms with Crippen molar-refractivity contribution in [3.63, 3.8) is 0 Å². The molecule has 0 atom stereocenters. The molecule has 0 bridgehead atoms. The van der Waals surface area contributed by atoms with Crippen molar-refractivity contribution in [2.24, 2.45) is 0 Å². The van der Waals surface area contributed by atoms with Crippen molar-refractivity contribution in [1.82, 2.24) is 4.90 Å². The summed E-state index contributed by atoms with van der Waals surface area (Å²) in [4.78, 5) is 24.2. The Morgan fingerprint density at radius 1 is 1.45 bits per heavy atom. The molecule has 0 aliphatic heterocycles. The predicted molar refractivity (Wildman–Crippen MR) is 72.4 cm³/mol. The van der Waals surface area contributed by atoms with E-state index >= 15 is 0 Å². The van der Waals surface area contributed by atoms with E-state index < -0.39 is 17.8 Å². The van der Waals surface area contributed by atoms with Crippen LogP contribution >= 0.6 is 11.6 Å². The molecule has 20 heavy (non-hydrogen) atoms. The molecule has 0 unspecified atom stereocenters. The van der Waals surface area contributed by atoms with Gasteiger partial charge in [-0.2, -0.15) is 0 Å². The monoisotopic (exact) mass is 300 g/mol. The number of halogens is 2. The number of carboxylic acid groups (broad SMARTS) is 1. The number of anilines is 1. The number of aliphatic carboxylic acids is 1. The number of carbonyl (C=O) groups excluding carboxylic acids is 1. The van der Waals surface area contributed by atoms with Crippen LogP contribution in [0.25, 0.3) is 0 Å². The Labute approximate surface area is 120 Å². The fraction of sp³-hybridized carbons (Fsp3) is 0.385. The van der Waals surface area contributed by atoms with Gasteiger partial charge in [-0.15, -0.1) is 0 Å². The molecule has 0 radical (unpaired) electrons. The van der Waals surface area contributed by atoms with Crippen LogP contribution in [0.3, 0.4) is 0 Å². The number of amides is 2. The summed E-state index contributed by atoms with van der Waals surface area (Å²) >= 11 is 5.83. The molecule has 7 heteroatoms. The summed E-state index contributed by atoms with van der Waals surface area (Å²) in [5, 5.41) is 11.4. The maximum Gasteiger partial charge on any atom is 0.322 e. The first-order chi connectivity index (χ1) is 9.47. The van der Waals surface area contributed by atoms with Gasteiger partial charge in [0.25, 0.3) is 0 Å². The predicted octanol–water partition coefficient (Wildman–Crippen LogP) is 2.95. The summed E-state index contributed by atoms with van der Waals surface area (Å²) in [5.41, 5.74) is 0.305. The molecule has 0 heterocycles. The van der Waals surface area contributed by atoms with Gasteiger partial charge in [-0.3, -0.25) is 4.79 Å². The van der Waals surface area contributed by atoms with Gasteiger partial charge in [0.1, 0.15) is 5.82 Å². The molecule has 1 saturated carbocycles. The average Bonchev–Trinajstić information content (AvgIpc) is 3.17. The number of nitrogens with zero attached hydrogens (tertiary/aromatic N) is 1. The van der Waals surface area contributed by atoms with Gasteiger partial charge >= 0.3 is 12.0 Å². The van der Waals surface area contributed by atoms with Crippen LogP contribution in [0.15, 0.2) is 18.2 Å². The van der Waals surface area contributed by atoms with Crippen LogP contribution in [-0.4, -0.2) is 34.6 Å². The largest absolute Gasteiger partial charge is 0.481 e. The van der Waals surface area contributed by atoms with E-state index in [4.69, 9.17) is 16.7 Å². The standard InChI is InChI=1S/C13H14ClFN2O3/c14-10-7-8(15)1-4-11(10)16-13(20)17(9-2-3-9)6-5-12(18)19/h1,4,7,9H,2-3,5-6H2,(H,16,20)(H,18,19). The molecule has 1 aromatic rings. The first-order valence-electron chi connectivity index (χ1n) is 6.22. The van der Waals surface area contributed by atoms with Crippen LogP contribution in [0.2, 0.25) is 5.02 Å². The van der Waals surface area contributed by atoms with Crippen LogP contribution in [0.4, 0.5) is 14.9 Å². The molecule has 2 N–H and O–H groups in total. The Bertz CT molecular complexity index is 534. The van der Waals surface area contributed by atoms with E-state index in [0.717, 1.165) is 18.9 Å². The third-order valence-electron chi connectivity index (χ3n) is 2.99. The Hall–Kier alpha value is -1.82. The number of urea groups is 1. The van der Waals surface area contributed by atoms with Gasteiger partial charge in [0.15, 0.2) is 0 Å². The van der Waals surface area contributed by atoms with E-state index in [1.807, 2.05) is 0 Å². The summed E-state index contributed by atoms with van der Waals surface area (Å²) < 4.78 is 12.9. The molecule has 1 fully saturated rings. The fourth-order valence-electron chi connectivity index (χ4n) is 1.83. The highest BCUT2D eigenvalue weighted by molar-refractivity contribution is 6.33. The van der Waals surface area contributed by atoms with Crippen molar-refractivity contribution < 1.29 is 19.1 Å². The maximum absolute atomic E-state index is 12.9. The molecule has 1 aliphatic carbocycles. The Morgan fingerprint density at radius 3 is 2.70 bits per heavy atom. The SMILES string of the molecule is O=C(O)CCN(C(=O)Nc1ccc(F)cc1Cl)C1CC1. The van der Waals surface area contributed by atoms with Crippen molar-refractivity contribution in [2.75, 3.05) is 11.9 Å². The van der Waals surface area contributed by atoms with Gasteiger partial charge in [0.2, 0.25) is 0 Å². The van der Waals surface area contributed by atoms with Crippen molar-refractivity contribution in [3.8, 4) is 0 Å². The van der Waals surface area contributed by atoms with E-state index in [9.17, 15) is 14.0 Å². The Kier molecular flexibility index (Phi) is 4.44. The smallest absolute Gasteiger partial charge is 0.322 e. The van der Waals surface area contributed by atoms with E-state index in [-0.39, 0.29) is 24.0 Å². The molecule has 0 saturated heterocycles. The van der Waals surface area contributed by atoms with Gasteiger partial charge in [0.05, 0.1) is 17.1 Å². The lowest BCUT2D eigenvalue weighted by Gasteiger charge is -2.22. The van der Waals surface area contributed by atoms with Crippen molar-refractivity contribution in [1.29, 1.82) is 0 Å². The zero-order chi connectivity index (χ0) is 14.7. The number of rotatable bonds is 5. The lowest BCUT2D eigenvalue weighted by atomic mass is 10.3. The fourth-order valence-corrected chi connectivity index (χ4v) is 2.04. The van der Waals surface area contributed by atoms with Crippen molar-refractivity contribution in [3.05, 3.63) is 29.0 Å². The molecule has 5 nitrogen and oxygen atoms in total. The summed E-state index contributed by atoms with van der Waals surface area (Å²) in [5.74, 6) is -1.44. The summed E-state index contributed by atoms with van der Waals surface area (Å²) in [6.45, 7) is 0.143. The zero-order valence-electron chi connectivity index (χ0n) is 10.6. The number of benzene rings is 1. The van der Waals surface area contributed by atoms with Crippen molar-refractivity contribution >= 4 is 29.3 Å². The number of hydrogen-bond donors (Lipinski definition) is 2. The first-order valence-corrected chi connectivity index (χ1v) is 6.59. The maximum atomic E-state index is 12.9. The highest BCUT2D eigenvalue weighted by Gasteiger charge is 2.32.